The standard InChI is InChI=1S/C14H21N3O2/c1-10-7-12(14(15)17-18)8-13(16-10)19-9-11-5-3-2-4-6-11/h7-8,11,18H,2-6,9H2,1H3,(H2,15,17). The van der Waals surface area contributed by atoms with Gasteiger partial charge in [-0.05, 0) is 31.7 Å². The van der Waals surface area contributed by atoms with Crippen LogP contribution < -0.4 is 10.5 Å². The first-order chi connectivity index (χ1) is 9.19. The summed E-state index contributed by atoms with van der Waals surface area (Å²) in [6.45, 7) is 2.56. The molecule has 0 spiro atoms. The number of aryl methyl sites for hydroxylation is 1. The molecule has 1 aliphatic rings. The van der Waals surface area contributed by atoms with Gasteiger partial charge in [-0.1, -0.05) is 24.4 Å². The van der Waals surface area contributed by atoms with E-state index in [2.05, 4.69) is 10.1 Å². The van der Waals surface area contributed by atoms with Crippen molar-refractivity contribution in [1.29, 1.82) is 0 Å². The summed E-state index contributed by atoms with van der Waals surface area (Å²) < 4.78 is 5.76. The Labute approximate surface area is 113 Å². The second kappa shape index (κ2) is 6.41. The molecule has 0 amide bonds. The third kappa shape index (κ3) is 3.84. The van der Waals surface area contributed by atoms with Crippen molar-refractivity contribution < 1.29 is 9.94 Å². The van der Waals surface area contributed by atoms with E-state index in [9.17, 15) is 0 Å². The van der Waals surface area contributed by atoms with Crippen LogP contribution in [0.1, 0.15) is 43.4 Å². The largest absolute Gasteiger partial charge is 0.477 e. The van der Waals surface area contributed by atoms with Crippen LogP contribution in [0.25, 0.3) is 0 Å². The number of nitrogens with two attached hydrogens (primary N) is 1. The molecule has 5 heteroatoms. The SMILES string of the molecule is Cc1cc(/C(N)=N/O)cc(OCC2CCCCC2)n1. The maximum atomic E-state index is 8.71. The first-order valence-corrected chi connectivity index (χ1v) is 6.78. The molecule has 0 saturated heterocycles. The number of aromatic nitrogens is 1. The summed E-state index contributed by atoms with van der Waals surface area (Å²) in [6.07, 6.45) is 6.40. The van der Waals surface area contributed by atoms with Gasteiger partial charge in [0.1, 0.15) is 0 Å². The molecule has 0 unspecified atom stereocenters. The van der Waals surface area contributed by atoms with E-state index in [0.29, 0.717) is 24.0 Å². The monoisotopic (exact) mass is 263 g/mol. The van der Waals surface area contributed by atoms with E-state index in [1.54, 1.807) is 12.1 Å². The molecule has 3 N–H and O–H groups in total. The van der Waals surface area contributed by atoms with Crippen molar-refractivity contribution in [2.45, 2.75) is 39.0 Å². The lowest BCUT2D eigenvalue weighted by Crippen LogP contribution is -2.17. The summed E-state index contributed by atoms with van der Waals surface area (Å²) >= 11 is 0. The lowest BCUT2D eigenvalue weighted by molar-refractivity contribution is 0.202. The van der Waals surface area contributed by atoms with Crippen LogP contribution in [0.2, 0.25) is 0 Å². The number of pyridine rings is 1. The average molecular weight is 263 g/mol. The van der Waals surface area contributed by atoms with Crippen LogP contribution in [0.4, 0.5) is 0 Å². The zero-order chi connectivity index (χ0) is 13.7. The van der Waals surface area contributed by atoms with E-state index in [1.807, 2.05) is 6.92 Å². The van der Waals surface area contributed by atoms with Gasteiger partial charge in [-0.25, -0.2) is 4.98 Å². The minimum Gasteiger partial charge on any atom is -0.477 e. The van der Waals surface area contributed by atoms with Crippen molar-refractivity contribution in [3.63, 3.8) is 0 Å². The van der Waals surface area contributed by atoms with Crippen LogP contribution in [0, 0.1) is 12.8 Å². The Bertz CT molecular complexity index is 454. The van der Waals surface area contributed by atoms with Crippen LogP contribution >= 0.6 is 0 Å². The van der Waals surface area contributed by atoms with Gasteiger partial charge in [0.25, 0.3) is 0 Å². The van der Waals surface area contributed by atoms with Crippen molar-refractivity contribution in [2.75, 3.05) is 6.61 Å². The zero-order valence-corrected chi connectivity index (χ0v) is 11.3. The lowest BCUT2D eigenvalue weighted by Gasteiger charge is -2.21. The molecule has 0 bridgehead atoms. The minimum atomic E-state index is 0.0769. The predicted molar refractivity (Wildman–Crippen MR) is 73.6 cm³/mol. The van der Waals surface area contributed by atoms with E-state index in [1.165, 1.54) is 32.1 Å². The van der Waals surface area contributed by atoms with Crippen LogP contribution in [0.3, 0.4) is 0 Å². The summed E-state index contributed by atoms with van der Waals surface area (Å²) in [5.74, 6) is 1.25. The average Bonchev–Trinajstić information content (AvgIpc) is 2.45. The molecule has 0 aliphatic heterocycles. The van der Waals surface area contributed by atoms with E-state index in [4.69, 9.17) is 15.7 Å². The van der Waals surface area contributed by atoms with Crippen LogP contribution in [0.15, 0.2) is 17.3 Å². The molecule has 1 aromatic rings. The van der Waals surface area contributed by atoms with E-state index in [0.717, 1.165) is 5.69 Å². The summed E-state index contributed by atoms with van der Waals surface area (Å²) in [7, 11) is 0. The third-order valence-electron chi connectivity index (χ3n) is 3.53. The first kappa shape index (κ1) is 13.6. The number of amidine groups is 1. The molecule has 1 fully saturated rings. The van der Waals surface area contributed by atoms with Crippen molar-refractivity contribution in [3.05, 3.63) is 23.4 Å². The molecule has 0 aromatic carbocycles. The molecule has 5 nitrogen and oxygen atoms in total. The first-order valence-electron chi connectivity index (χ1n) is 6.78. The molecule has 104 valence electrons. The topological polar surface area (TPSA) is 80.7 Å². The number of hydrogen-bond acceptors (Lipinski definition) is 4. The Hall–Kier alpha value is -1.78. The Kier molecular flexibility index (Phi) is 4.60. The Morgan fingerprint density at radius 1 is 1.42 bits per heavy atom. The molecule has 1 aromatic heterocycles. The van der Waals surface area contributed by atoms with Gasteiger partial charge in [0, 0.05) is 17.3 Å². The Balaban J connectivity index is 2.01. The highest BCUT2D eigenvalue weighted by Crippen LogP contribution is 2.24. The van der Waals surface area contributed by atoms with E-state index < -0.39 is 0 Å². The number of oxime groups is 1. The summed E-state index contributed by atoms with van der Waals surface area (Å²) in [5.41, 5.74) is 7.01. The third-order valence-corrected chi connectivity index (χ3v) is 3.53. The highest BCUT2D eigenvalue weighted by atomic mass is 16.5. The molecular weight excluding hydrogens is 242 g/mol. The highest BCUT2D eigenvalue weighted by Gasteiger charge is 2.14. The van der Waals surface area contributed by atoms with Gasteiger partial charge < -0.3 is 15.7 Å². The number of hydrogen-bond donors (Lipinski definition) is 2. The molecule has 1 aliphatic carbocycles. The fourth-order valence-electron chi connectivity index (χ4n) is 2.47. The number of nitrogens with zero attached hydrogens (tertiary/aromatic N) is 2. The number of ether oxygens (including phenoxy) is 1. The maximum Gasteiger partial charge on any atom is 0.214 e. The predicted octanol–water partition coefficient (Wildman–Crippen LogP) is 2.44. The number of rotatable bonds is 4. The van der Waals surface area contributed by atoms with Gasteiger partial charge in [-0.3, -0.25) is 0 Å². The van der Waals surface area contributed by atoms with Gasteiger partial charge in [0.2, 0.25) is 5.88 Å². The summed E-state index contributed by atoms with van der Waals surface area (Å²) in [4.78, 5) is 4.32. The summed E-state index contributed by atoms with van der Waals surface area (Å²) in [6, 6.07) is 3.48. The molecule has 0 radical (unpaired) electrons. The fourth-order valence-corrected chi connectivity index (χ4v) is 2.47. The van der Waals surface area contributed by atoms with E-state index >= 15 is 0 Å². The fraction of sp³-hybridized carbons (Fsp3) is 0.571. The van der Waals surface area contributed by atoms with E-state index in [-0.39, 0.29) is 5.84 Å². The zero-order valence-electron chi connectivity index (χ0n) is 11.3. The van der Waals surface area contributed by atoms with Gasteiger partial charge >= 0.3 is 0 Å². The van der Waals surface area contributed by atoms with Crippen molar-refractivity contribution in [1.82, 2.24) is 4.98 Å². The quantitative estimate of drug-likeness (QED) is 0.378. The van der Waals surface area contributed by atoms with Gasteiger partial charge in [0.15, 0.2) is 5.84 Å². The van der Waals surface area contributed by atoms with Crippen molar-refractivity contribution >= 4 is 5.84 Å². The molecule has 2 rings (SSSR count). The minimum absolute atomic E-state index is 0.0769. The van der Waals surface area contributed by atoms with Crippen LogP contribution in [-0.2, 0) is 0 Å². The van der Waals surface area contributed by atoms with Crippen LogP contribution in [-0.4, -0.2) is 22.6 Å². The Morgan fingerprint density at radius 3 is 2.84 bits per heavy atom. The van der Waals surface area contributed by atoms with Gasteiger partial charge in [-0.15, -0.1) is 0 Å². The van der Waals surface area contributed by atoms with Gasteiger partial charge in [0.05, 0.1) is 6.61 Å². The maximum absolute atomic E-state index is 8.71. The van der Waals surface area contributed by atoms with Crippen LogP contribution in [0.5, 0.6) is 5.88 Å². The molecule has 1 heterocycles. The molecule has 0 atom stereocenters. The summed E-state index contributed by atoms with van der Waals surface area (Å²) in [5, 5.41) is 11.7. The molecular formula is C14H21N3O2. The second-order valence-corrected chi connectivity index (χ2v) is 5.14. The second-order valence-electron chi connectivity index (χ2n) is 5.14. The Morgan fingerprint density at radius 2 is 2.16 bits per heavy atom. The van der Waals surface area contributed by atoms with Crippen molar-refractivity contribution in [2.24, 2.45) is 16.8 Å². The molecule has 19 heavy (non-hydrogen) atoms. The highest BCUT2D eigenvalue weighted by molar-refractivity contribution is 5.97. The van der Waals surface area contributed by atoms with Gasteiger partial charge in [-0.2, -0.15) is 0 Å². The lowest BCUT2D eigenvalue weighted by atomic mass is 9.90. The normalized spacial score (nSPS) is 17.4. The smallest absolute Gasteiger partial charge is 0.214 e. The van der Waals surface area contributed by atoms with Crippen molar-refractivity contribution in [3.8, 4) is 5.88 Å². The molecule has 1 saturated carbocycles.